The topological polar surface area (TPSA) is 87.7 Å². The molecular weight excluding hydrogens is 399 g/mol. The number of nitrogens with one attached hydrogen (secondary N) is 2. The van der Waals surface area contributed by atoms with Gasteiger partial charge < -0.3 is 20.5 Å². The molecule has 0 unspecified atom stereocenters. The summed E-state index contributed by atoms with van der Waals surface area (Å²) < 4.78 is 19.6. The third-order valence-corrected chi connectivity index (χ3v) is 4.87. The first-order valence-corrected chi connectivity index (χ1v) is 10.3. The lowest BCUT2D eigenvalue weighted by atomic mass is 10.0. The van der Waals surface area contributed by atoms with Crippen molar-refractivity contribution < 1.29 is 23.8 Å². The normalized spacial score (nSPS) is 12.8. The quantitative estimate of drug-likeness (QED) is 0.599. The maximum atomic E-state index is 14.4. The number of amides is 1. The number of benzene rings is 2. The van der Waals surface area contributed by atoms with Gasteiger partial charge in [0.15, 0.2) is 0 Å². The van der Waals surface area contributed by atoms with Crippen molar-refractivity contribution in [3.63, 3.8) is 0 Å². The van der Waals surface area contributed by atoms with Crippen molar-refractivity contribution in [1.82, 2.24) is 5.32 Å². The molecule has 0 saturated heterocycles. The zero-order valence-electron chi connectivity index (χ0n) is 18.1. The Hall–Kier alpha value is -3.19. The molecule has 0 aromatic heterocycles. The highest BCUT2D eigenvalue weighted by molar-refractivity contribution is 6.09. The van der Waals surface area contributed by atoms with Crippen molar-refractivity contribution in [1.29, 1.82) is 0 Å². The Morgan fingerprint density at radius 3 is 2.29 bits per heavy atom. The van der Waals surface area contributed by atoms with E-state index in [1.165, 1.54) is 12.1 Å². The predicted octanol–water partition coefficient (Wildman–Crippen LogP) is 4.62. The molecule has 1 aliphatic carbocycles. The number of carboxylic acid groups (broad SMARTS) is 1. The second-order valence-electron chi connectivity index (χ2n) is 6.95. The van der Waals surface area contributed by atoms with Crippen molar-refractivity contribution in [3.05, 3.63) is 59.4 Å². The molecule has 0 saturated carbocycles. The first kappa shape index (κ1) is 24.1. The molecule has 0 heterocycles. The monoisotopic (exact) mass is 428 g/mol. The van der Waals surface area contributed by atoms with E-state index in [1.807, 2.05) is 12.1 Å². The van der Waals surface area contributed by atoms with Crippen LogP contribution in [-0.2, 0) is 9.59 Å². The van der Waals surface area contributed by atoms with Gasteiger partial charge in [0, 0.05) is 11.1 Å². The molecule has 0 spiro atoms. The van der Waals surface area contributed by atoms with E-state index >= 15 is 0 Å². The van der Waals surface area contributed by atoms with Gasteiger partial charge in [0.1, 0.15) is 11.6 Å². The van der Waals surface area contributed by atoms with Crippen LogP contribution < -0.4 is 15.4 Å². The number of halogens is 1. The molecule has 6 nitrogen and oxygen atoms in total. The van der Waals surface area contributed by atoms with Gasteiger partial charge in [-0.15, -0.1) is 0 Å². The summed E-state index contributed by atoms with van der Waals surface area (Å²) in [6, 6.07) is 11.7. The lowest BCUT2D eigenvalue weighted by molar-refractivity contribution is -0.133. The van der Waals surface area contributed by atoms with Crippen LogP contribution in [0.25, 0.3) is 11.1 Å². The van der Waals surface area contributed by atoms with E-state index in [0.717, 1.165) is 18.7 Å². The van der Waals surface area contributed by atoms with E-state index in [4.69, 9.17) is 9.84 Å². The fraction of sp³-hybridized carbons (Fsp3) is 0.333. The molecule has 2 aromatic rings. The fourth-order valence-corrected chi connectivity index (χ4v) is 3.28. The molecule has 0 atom stereocenters. The van der Waals surface area contributed by atoms with E-state index in [1.54, 1.807) is 25.3 Å². The van der Waals surface area contributed by atoms with Crippen LogP contribution in [0.4, 0.5) is 10.1 Å². The van der Waals surface area contributed by atoms with Crippen molar-refractivity contribution in [3.8, 4) is 16.9 Å². The summed E-state index contributed by atoms with van der Waals surface area (Å²) in [6.07, 6.45) is 1.36. The first-order valence-electron chi connectivity index (χ1n) is 10.3. The third-order valence-electron chi connectivity index (χ3n) is 4.87. The minimum absolute atomic E-state index is 0.0192. The molecule has 0 aliphatic heterocycles. The molecule has 0 fully saturated rings. The second-order valence-corrected chi connectivity index (χ2v) is 6.95. The Morgan fingerprint density at radius 2 is 1.71 bits per heavy atom. The lowest BCUT2D eigenvalue weighted by Crippen LogP contribution is -2.17. The number of rotatable bonds is 7. The van der Waals surface area contributed by atoms with Gasteiger partial charge in [-0.1, -0.05) is 32.0 Å². The van der Waals surface area contributed by atoms with Crippen molar-refractivity contribution in [2.75, 3.05) is 25.5 Å². The predicted molar refractivity (Wildman–Crippen MR) is 120 cm³/mol. The molecule has 2 aromatic carbocycles. The van der Waals surface area contributed by atoms with Crippen LogP contribution in [0.2, 0.25) is 0 Å². The number of aliphatic carboxylic acids is 1. The summed E-state index contributed by atoms with van der Waals surface area (Å²) in [4.78, 5) is 23.5. The Balaban J connectivity index is 0.000000614. The molecule has 31 heavy (non-hydrogen) atoms. The second kappa shape index (κ2) is 11.9. The average Bonchev–Trinajstić information content (AvgIpc) is 3.27. The highest BCUT2D eigenvalue weighted by atomic mass is 19.1. The minimum Gasteiger partial charge on any atom is -0.497 e. The molecule has 3 rings (SSSR count). The van der Waals surface area contributed by atoms with Crippen molar-refractivity contribution in [2.45, 2.75) is 33.1 Å². The number of ether oxygens (including phenoxy) is 1. The number of carbonyl (C=O) groups excluding carboxylic acids is 1. The highest BCUT2D eigenvalue weighted by Gasteiger charge is 2.25. The van der Waals surface area contributed by atoms with Crippen LogP contribution in [0.1, 0.15) is 33.1 Å². The summed E-state index contributed by atoms with van der Waals surface area (Å²) in [7, 11) is 1.56. The fourth-order valence-electron chi connectivity index (χ4n) is 3.28. The third kappa shape index (κ3) is 6.65. The Morgan fingerprint density at radius 1 is 1.03 bits per heavy atom. The molecule has 1 amide bonds. The summed E-state index contributed by atoms with van der Waals surface area (Å²) in [5.41, 5.74) is 1.77. The highest BCUT2D eigenvalue weighted by Crippen LogP contribution is 2.30. The van der Waals surface area contributed by atoms with E-state index in [0.29, 0.717) is 30.6 Å². The number of methoxy groups -OCH3 is 1. The molecule has 166 valence electrons. The molecule has 0 bridgehead atoms. The van der Waals surface area contributed by atoms with Crippen LogP contribution in [0.5, 0.6) is 5.75 Å². The van der Waals surface area contributed by atoms with E-state index in [9.17, 15) is 14.0 Å². The zero-order chi connectivity index (χ0) is 22.8. The van der Waals surface area contributed by atoms with Gasteiger partial charge in [-0.3, -0.25) is 4.79 Å². The average molecular weight is 429 g/mol. The molecule has 3 N–H and O–H groups in total. The number of carboxylic acids is 1. The Labute approximate surface area is 182 Å². The molecule has 7 heteroatoms. The van der Waals surface area contributed by atoms with Crippen molar-refractivity contribution >= 4 is 17.6 Å². The van der Waals surface area contributed by atoms with Gasteiger partial charge in [0.2, 0.25) is 0 Å². The molecule has 1 aliphatic rings. The SMILES string of the molecule is CCNCC.COc1cccc(-c2ccc(NC(=O)C3=C(C(=O)O)CCC3)c(F)c2)c1. The number of carbonyl (C=O) groups is 2. The van der Waals surface area contributed by atoms with Crippen LogP contribution in [0.3, 0.4) is 0 Å². The zero-order valence-corrected chi connectivity index (χ0v) is 18.1. The van der Waals surface area contributed by atoms with E-state index in [-0.39, 0.29) is 16.8 Å². The van der Waals surface area contributed by atoms with Crippen LogP contribution in [-0.4, -0.2) is 37.2 Å². The maximum absolute atomic E-state index is 14.4. The largest absolute Gasteiger partial charge is 0.497 e. The van der Waals surface area contributed by atoms with Gasteiger partial charge in [-0.05, 0) is 67.7 Å². The van der Waals surface area contributed by atoms with Gasteiger partial charge in [0.05, 0.1) is 12.8 Å². The Bertz CT molecular complexity index is 954. The van der Waals surface area contributed by atoms with Gasteiger partial charge >= 0.3 is 5.97 Å². The first-order chi connectivity index (χ1) is 14.9. The lowest BCUT2D eigenvalue weighted by Gasteiger charge is -2.10. The van der Waals surface area contributed by atoms with E-state index in [2.05, 4.69) is 24.5 Å². The molecular formula is C24H29FN2O4. The van der Waals surface area contributed by atoms with Crippen LogP contribution in [0, 0.1) is 5.82 Å². The van der Waals surface area contributed by atoms with Gasteiger partial charge in [-0.2, -0.15) is 0 Å². The summed E-state index contributed by atoms with van der Waals surface area (Å²) >= 11 is 0. The van der Waals surface area contributed by atoms with Gasteiger partial charge in [0.25, 0.3) is 5.91 Å². The van der Waals surface area contributed by atoms with Crippen LogP contribution in [0.15, 0.2) is 53.6 Å². The number of hydrogen-bond donors (Lipinski definition) is 3. The molecule has 0 radical (unpaired) electrons. The summed E-state index contributed by atoms with van der Waals surface area (Å²) in [5.74, 6) is -1.58. The number of anilines is 1. The van der Waals surface area contributed by atoms with E-state index < -0.39 is 17.7 Å². The van der Waals surface area contributed by atoms with Crippen molar-refractivity contribution in [2.24, 2.45) is 0 Å². The number of hydrogen-bond acceptors (Lipinski definition) is 4. The summed E-state index contributed by atoms with van der Waals surface area (Å²) in [5, 5.41) is 14.7. The summed E-state index contributed by atoms with van der Waals surface area (Å²) in [6.45, 7) is 6.39. The van der Waals surface area contributed by atoms with Crippen LogP contribution >= 0.6 is 0 Å². The van der Waals surface area contributed by atoms with Gasteiger partial charge in [-0.25, -0.2) is 9.18 Å². The standard InChI is InChI=1S/C20H18FNO4.C4H11N/c1-26-14-5-2-4-12(10-14)13-8-9-18(17(21)11-13)22-19(23)15-6-3-7-16(15)20(24)25;1-3-5-4-2/h2,4-5,8-11H,3,6-7H2,1H3,(H,22,23)(H,24,25);5H,3-4H2,1-2H3. The maximum Gasteiger partial charge on any atom is 0.332 e. The Kier molecular flexibility index (Phi) is 9.21. The minimum atomic E-state index is -1.10. The smallest absolute Gasteiger partial charge is 0.332 e.